The highest BCUT2D eigenvalue weighted by Crippen LogP contribution is 2.46. The number of benzene rings is 1. The largest absolute Gasteiger partial charge is 0.377 e. The molecule has 27 heavy (non-hydrogen) atoms. The lowest BCUT2D eigenvalue weighted by atomic mass is 9.84. The molecule has 0 aliphatic carbocycles. The Morgan fingerprint density at radius 1 is 1.22 bits per heavy atom. The fraction of sp³-hybridized carbons (Fsp3) is 0.250. The van der Waals surface area contributed by atoms with Crippen LogP contribution in [0, 0.1) is 11.6 Å². The van der Waals surface area contributed by atoms with Crippen molar-refractivity contribution in [1.29, 1.82) is 0 Å². The van der Waals surface area contributed by atoms with E-state index in [4.69, 9.17) is 0 Å². The van der Waals surface area contributed by atoms with Gasteiger partial charge in [-0.2, -0.15) is 8.78 Å². The van der Waals surface area contributed by atoms with Crippen LogP contribution < -0.4 is 11.0 Å². The summed E-state index contributed by atoms with van der Waals surface area (Å²) in [6.07, 6.45) is 1.13. The summed E-state index contributed by atoms with van der Waals surface area (Å²) < 4.78 is 58.8. The number of hydrazine groups is 2. The number of β-amino-alcohol motifs (C(OH)–C–C–N with tert-alkyl or cyclic N) is 1. The van der Waals surface area contributed by atoms with E-state index in [1.807, 2.05) is 0 Å². The Labute approximate surface area is 160 Å². The van der Waals surface area contributed by atoms with Gasteiger partial charge >= 0.3 is 5.92 Å². The molecule has 11 heteroatoms. The highest BCUT2D eigenvalue weighted by atomic mass is 79.9. The van der Waals surface area contributed by atoms with Crippen LogP contribution in [0.1, 0.15) is 18.2 Å². The van der Waals surface area contributed by atoms with Crippen LogP contribution in [0.3, 0.4) is 0 Å². The van der Waals surface area contributed by atoms with Crippen LogP contribution in [0.15, 0.2) is 46.1 Å². The molecule has 3 N–H and O–H groups in total. The molecule has 2 aromatic rings. The van der Waals surface area contributed by atoms with Gasteiger partial charge in [0.15, 0.2) is 5.60 Å². The molecular weight excluding hydrogens is 434 g/mol. The van der Waals surface area contributed by atoms with Crippen LogP contribution in [-0.4, -0.2) is 27.6 Å². The monoisotopic (exact) mass is 447 g/mol. The molecule has 2 heterocycles. The van der Waals surface area contributed by atoms with Gasteiger partial charge in [-0.1, -0.05) is 6.07 Å². The Morgan fingerprint density at radius 2 is 1.96 bits per heavy atom. The maximum atomic E-state index is 15.3. The molecule has 1 aliphatic heterocycles. The number of hydrogen-bond donors (Lipinski definition) is 3. The zero-order valence-corrected chi connectivity index (χ0v) is 15.4. The number of alkyl halides is 2. The maximum Gasteiger partial charge on any atom is 0.323 e. The van der Waals surface area contributed by atoms with Crippen molar-refractivity contribution in [2.75, 3.05) is 6.54 Å². The number of nitrogens with zero attached hydrogens (tertiary/aromatic N) is 3. The van der Waals surface area contributed by atoms with Crippen molar-refractivity contribution < 1.29 is 22.7 Å². The van der Waals surface area contributed by atoms with E-state index in [-0.39, 0.29) is 0 Å². The third kappa shape index (κ3) is 3.62. The second kappa shape index (κ2) is 7.06. The van der Waals surface area contributed by atoms with Gasteiger partial charge in [0.05, 0.1) is 6.54 Å². The molecule has 1 aliphatic rings. The molecule has 1 aromatic carbocycles. The number of aliphatic hydroxyl groups is 1. The number of amidine groups is 1. The van der Waals surface area contributed by atoms with Crippen molar-refractivity contribution >= 4 is 21.8 Å². The number of nitrogens with one attached hydrogen (secondary N) is 2. The third-order valence-corrected chi connectivity index (χ3v) is 4.44. The molecule has 0 spiro atoms. The fourth-order valence-corrected chi connectivity index (χ4v) is 2.87. The van der Waals surface area contributed by atoms with Gasteiger partial charge in [0.2, 0.25) is 0 Å². The van der Waals surface area contributed by atoms with E-state index in [1.54, 1.807) is 6.92 Å². The van der Waals surface area contributed by atoms with Crippen LogP contribution >= 0.6 is 15.9 Å². The van der Waals surface area contributed by atoms with Gasteiger partial charge in [0, 0.05) is 22.3 Å². The van der Waals surface area contributed by atoms with E-state index in [0.29, 0.717) is 16.4 Å². The van der Waals surface area contributed by atoms with Gasteiger partial charge < -0.3 is 5.11 Å². The zero-order valence-electron chi connectivity index (χ0n) is 13.8. The quantitative estimate of drug-likeness (QED) is 0.614. The summed E-state index contributed by atoms with van der Waals surface area (Å²) in [6.45, 7) is 0.722. The summed E-state index contributed by atoms with van der Waals surface area (Å²) in [5.74, 6) is -5.96. The SMILES string of the molecule is CC1=NNN(CC(O)(c2ccc(F)cc2F)C(F)(F)c2ccc(Br)cn2)N1. The molecule has 0 amide bonds. The van der Waals surface area contributed by atoms with Gasteiger partial charge in [0.1, 0.15) is 23.2 Å². The van der Waals surface area contributed by atoms with E-state index >= 15 is 8.78 Å². The minimum atomic E-state index is -4.04. The number of hydrazone groups is 1. The summed E-state index contributed by atoms with van der Waals surface area (Å²) in [5, 5.41) is 15.7. The lowest BCUT2D eigenvalue weighted by molar-refractivity contribution is -0.212. The molecule has 0 bridgehead atoms. The minimum absolute atomic E-state index is 0.349. The van der Waals surface area contributed by atoms with E-state index in [1.165, 1.54) is 6.07 Å². The number of rotatable bonds is 5. The lowest BCUT2D eigenvalue weighted by Crippen LogP contribution is -2.56. The van der Waals surface area contributed by atoms with Crippen molar-refractivity contribution in [3.05, 3.63) is 63.9 Å². The Kier molecular flexibility index (Phi) is 5.10. The van der Waals surface area contributed by atoms with Crippen molar-refractivity contribution in [2.45, 2.75) is 18.4 Å². The summed E-state index contributed by atoms with van der Waals surface area (Å²) in [7, 11) is 0. The van der Waals surface area contributed by atoms with Crippen molar-refractivity contribution in [1.82, 2.24) is 21.1 Å². The summed E-state index contributed by atoms with van der Waals surface area (Å²) in [5.41, 5.74) is 0.311. The predicted molar refractivity (Wildman–Crippen MR) is 92.2 cm³/mol. The normalized spacial score (nSPS) is 17.1. The minimum Gasteiger partial charge on any atom is -0.377 e. The average Bonchev–Trinajstić information content (AvgIpc) is 2.99. The lowest BCUT2D eigenvalue weighted by Gasteiger charge is -2.38. The molecule has 3 rings (SSSR count). The summed E-state index contributed by atoms with van der Waals surface area (Å²) >= 11 is 3.09. The Morgan fingerprint density at radius 3 is 2.52 bits per heavy atom. The molecule has 0 saturated heterocycles. The summed E-state index contributed by atoms with van der Waals surface area (Å²) in [4.78, 5) is 3.64. The zero-order chi connectivity index (χ0) is 19.8. The number of aromatic nitrogens is 1. The first-order chi connectivity index (χ1) is 12.6. The standard InChI is InChI=1S/C16H14BrF4N5O/c1-9-23-25-26(24-9)8-15(27,12-4-3-11(18)6-13(12)19)16(20,21)14-5-2-10(17)7-22-14/h2-7,25,27H,8H2,1H3,(H,23,24). The Balaban J connectivity index is 2.09. The van der Waals surface area contributed by atoms with Crippen molar-refractivity contribution in [3.8, 4) is 0 Å². The molecule has 0 radical (unpaired) electrons. The topological polar surface area (TPSA) is 72.8 Å². The number of halogens is 5. The van der Waals surface area contributed by atoms with E-state index in [0.717, 1.165) is 29.5 Å². The van der Waals surface area contributed by atoms with Crippen molar-refractivity contribution in [2.24, 2.45) is 5.10 Å². The fourth-order valence-electron chi connectivity index (χ4n) is 2.64. The molecule has 1 atom stereocenters. The molecule has 6 nitrogen and oxygen atoms in total. The second-order valence-corrected chi connectivity index (χ2v) is 6.83. The van der Waals surface area contributed by atoms with Crippen LogP contribution in [-0.2, 0) is 11.5 Å². The molecule has 1 aromatic heterocycles. The highest BCUT2D eigenvalue weighted by Gasteiger charge is 2.58. The van der Waals surface area contributed by atoms with Gasteiger partial charge in [0.25, 0.3) is 0 Å². The first-order valence-corrected chi connectivity index (χ1v) is 8.44. The number of hydrogen-bond acceptors (Lipinski definition) is 6. The smallest absolute Gasteiger partial charge is 0.323 e. The molecule has 1 unspecified atom stereocenters. The Hall–Kier alpha value is -2.24. The third-order valence-electron chi connectivity index (χ3n) is 3.97. The molecule has 144 valence electrons. The van der Waals surface area contributed by atoms with E-state index < -0.39 is 41.0 Å². The van der Waals surface area contributed by atoms with Gasteiger partial charge in [-0.3, -0.25) is 10.4 Å². The first-order valence-electron chi connectivity index (χ1n) is 7.65. The summed E-state index contributed by atoms with van der Waals surface area (Å²) in [6, 6.07) is 4.32. The van der Waals surface area contributed by atoms with Crippen LogP contribution in [0.4, 0.5) is 17.6 Å². The first kappa shape index (κ1) is 19.5. The average molecular weight is 448 g/mol. The highest BCUT2D eigenvalue weighted by molar-refractivity contribution is 9.10. The van der Waals surface area contributed by atoms with Crippen LogP contribution in [0.25, 0.3) is 0 Å². The molecule has 0 saturated carbocycles. The molecular formula is C16H14BrF4N5O. The second-order valence-electron chi connectivity index (χ2n) is 5.92. The van der Waals surface area contributed by atoms with Crippen LogP contribution in [0.5, 0.6) is 0 Å². The van der Waals surface area contributed by atoms with E-state index in [2.05, 4.69) is 37.0 Å². The van der Waals surface area contributed by atoms with Gasteiger partial charge in [-0.05, 0) is 41.1 Å². The Bertz CT molecular complexity index is 880. The van der Waals surface area contributed by atoms with E-state index in [9.17, 15) is 13.9 Å². The van der Waals surface area contributed by atoms with Crippen molar-refractivity contribution in [3.63, 3.8) is 0 Å². The predicted octanol–water partition coefficient (Wildman–Crippen LogP) is 2.76. The van der Waals surface area contributed by atoms with Gasteiger partial charge in [-0.25, -0.2) is 14.3 Å². The van der Waals surface area contributed by atoms with Gasteiger partial charge in [-0.15, -0.1) is 10.2 Å². The number of pyridine rings is 1. The van der Waals surface area contributed by atoms with Crippen LogP contribution in [0.2, 0.25) is 0 Å². The molecule has 0 fully saturated rings. The maximum absolute atomic E-state index is 15.3.